The lowest BCUT2D eigenvalue weighted by Crippen LogP contribution is -2.00. The maximum atomic E-state index is 10.5. The molecule has 0 bridgehead atoms. The van der Waals surface area contributed by atoms with E-state index in [1.807, 2.05) is 0 Å². The topological polar surface area (TPSA) is 87.4 Å². The molecule has 0 spiro atoms. The molecule has 0 saturated heterocycles. The van der Waals surface area contributed by atoms with Crippen LogP contribution in [0, 0.1) is 11.3 Å². The highest BCUT2D eigenvalue weighted by atomic mass is 16.5. The summed E-state index contributed by atoms with van der Waals surface area (Å²) in [6, 6.07) is 1.73. The summed E-state index contributed by atoms with van der Waals surface area (Å²) in [5, 5.41) is 15.6. The third-order valence-corrected chi connectivity index (χ3v) is 0.981. The van der Waals surface area contributed by atoms with Crippen molar-refractivity contribution in [2.75, 3.05) is 7.11 Å². The monoisotopic (exact) mass is 209 g/mol. The van der Waals surface area contributed by atoms with Crippen LogP contribution in [0.5, 0.6) is 0 Å². The number of aliphatic carboxylic acids is 1. The highest BCUT2D eigenvalue weighted by Crippen LogP contribution is 1.94. The molecule has 80 valence electrons. The van der Waals surface area contributed by atoms with E-state index in [0.717, 1.165) is 6.08 Å². The van der Waals surface area contributed by atoms with E-state index in [4.69, 9.17) is 10.4 Å². The fourth-order valence-electron chi connectivity index (χ4n) is 0.337. The van der Waals surface area contributed by atoms with E-state index in [-0.39, 0.29) is 5.57 Å². The summed E-state index contributed by atoms with van der Waals surface area (Å²) in [5.74, 6) is -1.50. The number of carboxylic acids is 1. The molecule has 0 aromatic heterocycles. The Labute approximate surface area is 87.6 Å². The lowest BCUT2D eigenvalue weighted by Gasteiger charge is -1.93. The van der Waals surface area contributed by atoms with Crippen molar-refractivity contribution < 1.29 is 19.4 Å². The first kappa shape index (κ1) is 15.1. The van der Waals surface area contributed by atoms with Crippen LogP contribution in [0.4, 0.5) is 0 Å². The van der Waals surface area contributed by atoms with Crippen molar-refractivity contribution in [2.24, 2.45) is 0 Å². The van der Waals surface area contributed by atoms with E-state index in [1.54, 1.807) is 6.07 Å². The van der Waals surface area contributed by atoms with Gasteiger partial charge in [0.25, 0.3) is 0 Å². The van der Waals surface area contributed by atoms with E-state index >= 15 is 0 Å². The zero-order valence-corrected chi connectivity index (χ0v) is 8.27. The number of rotatable bonds is 3. The second-order valence-electron chi connectivity index (χ2n) is 2.02. The Morgan fingerprint density at radius 1 is 1.53 bits per heavy atom. The van der Waals surface area contributed by atoms with Crippen molar-refractivity contribution in [1.29, 1.82) is 5.26 Å². The Morgan fingerprint density at radius 2 is 2.00 bits per heavy atom. The van der Waals surface area contributed by atoms with Crippen LogP contribution >= 0.6 is 0 Å². The Hall–Kier alpha value is -2.35. The number of hydrogen-bond acceptors (Lipinski definition) is 4. The van der Waals surface area contributed by atoms with Gasteiger partial charge in [-0.05, 0) is 6.08 Å². The molecule has 0 aliphatic rings. The maximum absolute atomic E-state index is 10.5. The van der Waals surface area contributed by atoms with Gasteiger partial charge in [0.1, 0.15) is 0 Å². The predicted molar refractivity (Wildman–Crippen MR) is 53.7 cm³/mol. The fraction of sp³-hybridized carbons (Fsp3) is 0.100. The zero-order valence-electron chi connectivity index (χ0n) is 8.27. The smallest absolute Gasteiger partial charge is 0.337 e. The van der Waals surface area contributed by atoms with Crippen molar-refractivity contribution >= 4 is 11.9 Å². The Morgan fingerprint density at radius 3 is 2.27 bits per heavy atom. The van der Waals surface area contributed by atoms with E-state index in [0.29, 0.717) is 0 Å². The van der Waals surface area contributed by atoms with Gasteiger partial charge >= 0.3 is 11.9 Å². The van der Waals surface area contributed by atoms with Crippen LogP contribution in [0.15, 0.2) is 37.0 Å². The minimum absolute atomic E-state index is 0.170. The van der Waals surface area contributed by atoms with Gasteiger partial charge in [-0.25, -0.2) is 9.59 Å². The minimum Gasteiger partial charge on any atom is -0.478 e. The van der Waals surface area contributed by atoms with Crippen molar-refractivity contribution in [1.82, 2.24) is 0 Å². The number of allylic oxidation sites excluding steroid dienone is 1. The Bertz CT molecular complexity index is 323. The van der Waals surface area contributed by atoms with Gasteiger partial charge in [0.05, 0.1) is 18.8 Å². The van der Waals surface area contributed by atoms with Crippen LogP contribution in [-0.4, -0.2) is 24.2 Å². The summed E-state index contributed by atoms with van der Waals surface area (Å²) >= 11 is 0. The molecule has 0 atom stereocenters. The molecule has 0 aromatic carbocycles. The summed E-state index contributed by atoms with van der Waals surface area (Å²) in [4.78, 5) is 19.8. The highest BCUT2D eigenvalue weighted by Gasteiger charge is 1.99. The van der Waals surface area contributed by atoms with Crippen LogP contribution in [0.25, 0.3) is 0 Å². The maximum Gasteiger partial charge on any atom is 0.337 e. The molecule has 0 heterocycles. The quantitative estimate of drug-likeness (QED) is 0.325. The van der Waals surface area contributed by atoms with Gasteiger partial charge in [0.2, 0.25) is 0 Å². The number of carbonyl (C=O) groups excluding carboxylic acids is 1. The fourth-order valence-corrected chi connectivity index (χ4v) is 0.337. The second kappa shape index (κ2) is 9.74. The summed E-state index contributed by atoms with van der Waals surface area (Å²) < 4.78 is 4.31. The molecule has 0 rings (SSSR count). The first-order valence-corrected chi connectivity index (χ1v) is 3.68. The van der Waals surface area contributed by atoms with Crippen LogP contribution in [0.3, 0.4) is 0 Å². The molecule has 0 aromatic rings. The van der Waals surface area contributed by atoms with E-state index in [2.05, 4.69) is 17.9 Å². The number of esters is 1. The number of nitrogens with zero attached hydrogens (tertiary/aromatic N) is 1. The molecule has 0 aliphatic carbocycles. The molecule has 0 amide bonds. The minimum atomic E-state index is -0.981. The Kier molecular flexibility index (Phi) is 9.82. The summed E-state index contributed by atoms with van der Waals surface area (Å²) in [7, 11) is 1.26. The van der Waals surface area contributed by atoms with Crippen molar-refractivity contribution in [3.05, 3.63) is 37.0 Å². The Balaban J connectivity index is 0. The van der Waals surface area contributed by atoms with Crippen LogP contribution in [-0.2, 0) is 14.3 Å². The van der Waals surface area contributed by atoms with Gasteiger partial charge in [-0.2, -0.15) is 5.26 Å². The molecule has 15 heavy (non-hydrogen) atoms. The number of hydrogen-bond donors (Lipinski definition) is 1. The van der Waals surface area contributed by atoms with E-state index < -0.39 is 11.9 Å². The highest BCUT2D eigenvalue weighted by molar-refractivity contribution is 5.90. The summed E-state index contributed by atoms with van der Waals surface area (Å²) in [5.41, 5.74) is 0.170. The second-order valence-corrected chi connectivity index (χ2v) is 2.02. The largest absolute Gasteiger partial charge is 0.478 e. The molecular formula is C10H11NO4. The predicted octanol–water partition coefficient (Wildman–Crippen LogP) is 1.05. The molecule has 0 fully saturated rings. The first-order chi connectivity index (χ1) is 6.99. The average molecular weight is 209 g/mol. The molecule has 5 nitrogen and oxygen atoms in total. The average Bonchev–Trinajstić information content (AvgIpc) is 2.25. The van der Waals surface area contributed by atoms with Gasteiger partial charge in [-0.1, -0.05) is 13.2 Å². The van der Waals surface area contributed by atoms with Gasteiger partial charge in [0, 0.05) is 12.2 Å². The molecular weight excluding hydrogens is 198 g/mol. The van der Waals surface area contributed by atoms with E-state index in [1.165, 1.54) is 19.3 Å². The van der Waals surface area contributed by atoms with Gasteiger partial charge in [-0.15, -0.1) is 0 Å². The van der Waals surface area contributed by atoms with Crippen molar-refractivity contribution in [3.63, 3.8) is 0 Å². The van der Waals surface area contributed by atoms with Gasteiger partial charge in [-0.3, -0.25) is 0 Å². The number of carboxylic acid groups (broad SMARTS) is 1. The van der Waals surface area contributed by atoms with Crippen molar-refractivity contribution in [2.45, 2.75) is 0 Å². The third kappa shape index (κ3) is 11.7. The molecule has 1 N–H and O–H groups in total. The lowest BCUT2D eigenvalue weighted by atomic mass is 10.3. The number of ether oxygens (including phenoxy) is 1. The lowest BCUT2D eigenvalue weighted by molar-refractivity contribution is -0.135. The van der Waals surface area contributed by atoms with E-state index in [9.17, 15) is 9.59 Å². The van der Waals surface area contributed by atoms with Crippen LogP contribution < -0.4 is 0 Å². The molecule has 0 saturated carbocycles. The number of carbonyl (C=O) groups is 2. The van der Waals surface area contributed by atoms with Crippen LogP contribution in [0.2, 0.25) is 0 Å². The SMILES string of the molecule is C=C(C=CC#N)C(=O)OC.C=CC(=O)O. The summed E-state index contributed by atoms with van der Waals surface area (Å²) in [6.07, 6.45) is 3.30. The molecule has 0 radical (unpaired) electrons. The molecule has 5 heteroatoms. The molecule has 0 aliphatic heterocycles. The zero-order chi connectivity index (χ0) is 12.3. The number of methoxy groups -OCH3 is 1. The third-order valence-electron chi connectivity index (χ3n) is 0.981. The van der Waals surface area contributed by atoms with Gasteiger partial charge in [0.15, 0.2) is 0 Å². The normalized spacial score (nSPS) is 8.00. The van der Waals surface area contributed by atoms with Gasteiger partial charge < -0.3 is 9.84 Å². The first-order valence-electron chi connectivity index (χ1n) is 3.68. The van der Waals surface area contributed by atoms with Crippen LogP contribution in [0.1, 0.15) is 0 Å². The number of nitriles is 1. The van der Waals surface area contributed by atoms with Crippen molar-refractivity contribution in [3.8, 4) is 6.07 Å². The standard InChI is InChI=1S/C7H7NO2.C3H4O2/c1-6(4-3-5-8)7(9)10-2;1-2-3(4)5/h3-4H,1H2,2H3;2H,1H2,(H,4,5). The summed E-state index contributed by atoms with van der Waals surface area (Å²) in [6.45, 7) is 6.31. The molecule has 0 unspecified atom stereocenters.